The molecule has 0 saturated carbocycles. The van der Waals surface area contributed by atoms with E-state index in [-0.39, 0.29) is 18.5 Å². The summed E-state index contributed by atoms with van der Waals surface area (Å²) in [5.41, 5.74) is 0. The number of aliphatic hydroxyl groups is 2. The van der Waals surface area contributed by atoms with Crippen LogP contribution in [-0.2, 0) is 14.3 Å². The first-order chi connectivity index (χ1) is 39.0. The molecule has 2 unspecified atom stereocenters. The van der Waals surface area contributed by atoms with Crippen LogP contribution < -0.4 is 5.32 Å². The molecule has 1 amide bonds. The number of nitrogens with one attached hydrogen (secondary N) is 1. The summed E-state index contributed by atoms with van der Waals surface area (Å²) in [6.45, 7) is 4.91. The lowest BCUT2D eigenvalue weighted by atomic mass is 10.0. The van der Waals surface area contributed by atoms with Crippen LogP contribution in [0.1, 0.15) is 393 Å². The van der Waals surface area contributed by atoms with Crippen LogP contribution in [0.15, 0.2) is 36.5 Å². The van der Waals surface area contributed by atoms with E-state index in [9.17, 15) is 19.8 Å². The van der Waals surface area contributed by atoms with E-state index in [1.807, 2.05) is 6.08 Å². The minimum absolute atomic E-state index is 0.00699. The molecular weight excluding hydrogens is 971 g/mol. The average Bonchev–Trinajstić information content (AvgIpc) is 3.45. The predicted octanol–water partition coefficient (Wildman–Crippen LogP) is 23.1. The zero-order valence-corrected chi connectivity index (χ0v) is 53.4. The number of carbonyl (C=O) groups excluding carboxylic acids is 2. The molecule has 0 aromatic heterocycles. The number of carbonyl (C=O) groups is 2. The van der Waals surface area contributed by atoms with Crippen molar-refractivity contribution in [2.24, 2.45) is 0 Å². The lowest BCUT2D eigenvalue weighted by Crippen LogP contribution is -2.45. The number of hydrogen-bond donors (Lipinski definition) is 3. The van der Waals surface area contributed by atoms with Crippen LogP contribution >= 0.6 is 0 Å². The molecule has 2 atom stereocenters. The monoisotopic (exact) mass is 1110 g/mol. The summed E-state index contributed by atoms with van der Waals surface area (Å²) >= 11 is 0. The van der Waals surface area contributed by atoms with Crippen LogP contribution in [0.3, 0.4) is 0 Å². The topological polar surface area (TPSA) is 95.9 Å². The molecule has 0 aliphatic heterocycles. The van der Waals surface area contributed by atoms with E-state index < -0.39 is 12.1 Å². The third-order valence-corrected chi connectivity index (χ3v) is 16.6. The van der Waals surface area contributed by atoms with Gasteiger partial charge in [0.05, 0.1) is 25.4 Å². The summed E-state index contributed by atoms with van der Waals surface area (Å²) in [7, 11) is 0. The highest BCUT2D eigenvalue weighted by atomic mass is 16.5. The highest BCUT2D eigenvalue weighted by Gasteiger charge is 2.18. The molecule has 0 saturated heterocycles. The Morgan fingerprint density at radius 1 is 0.342 bits per heavy atom. The molecular formula is C73H139NO5. The van der Waals surface area contributed by atoms with Gasteiger partial charge in [-0.2, -0.15) is 0 Å². The van der Waals surface area contributed by atoms with Crippen LogP contribution in [0.5, 0.6) is 0 Å². The standard InChI is InChI=1S/C73H139NO5/c1-3-5-7-9-11-13-15-17-18-19-20-33-36-39-42-45-49-53-57-61-65-71(76)70(69-75)74-72(77)66-62-58-54-50-46-43-40-37-34-31-29-27-25-23-21-22-24-26-28-30-32-35-38-41-44-48-52-56-60-64-68-79-73(78)67-63-59-55-51-47-16-14-12-10-8-6-4-2/h12,14,22,24,61,65,70-71,75-76H,3-11,13,15-21,23,25-60,62-64,66-69H2,1-2H3,(H,74,77)/b14-12-,24-22-,65-61+. The number of ether oxygens (including phenoxy) is 1. The molecule has 6 heteroatoms. The fourth-order valence-corrected chi connectivity index (χ4v) is 11.2. The van der Waals surface area contributed by atoms with Gasteiger partial charge in [-0.3, -0.25) is 9.59 Å². The van der Waals surface area contributed by atoms with Crippen LogP contribution in [0.4, 0.5) is 0 Å². The van der Waals surface area contributed by atoms with Gasteiger partial charge in [-0.25, -0.2) is 0 Å². The summed E-state index contributed by atoms with van der Waals surface area (Å²) in [6.07, 6.45) is 88.0. The molecule has 466 valence electrons. The van der Waals surface area contributed by atoms with Crippen molar-refractivity contribution in [3.8, 4) is 0 Å². The summed E-state index contributed by atoms with van der Waals surface area (Å²) in [5.74, 6) is -0.0559. The largest absolute Gasteiger partial charge is 0.466 e. The number of esters is 1. The molecule has 79 heavy (non-hydrogen) atoms. The summed E-state index contributed by atoms with van der Waals surface area (Å²) in [5, 5.41) is 23.2. The number of hydrogen-bond acceptors (Lipinski definition) is 5. The van der Waals surface area contributed by atoms with Gasteiger partial charge in [-0.1, -0.05) is 333 Å². The van der Waals surface area contributed by atoms with Gasteiger partial charge < -0.3 is 20.3 Å². The Labute approximate surface area is 494 Å². The first-order valence-corrected chi connectivity index (χ1v) is 35.8. The Bertz CT molecular complexity index is 1280. The average molecular weight is 1110 g/mol. The predicted molar refractivity (Wildman–Crippen MR) is 347 cm³/mol. The highest BCUT2D eigenvalue weighted by molar-refractivity contribution is 5.76. The second kappa shape index (κ2) is 68.6. The van der Waals surface area contributed by atoms with E-state index in [2.05, 4.69) is 43.5 Å². The Kier molecular flexibility index (Phi) is 66.9. The number of allylic oxidation sites excluding steroid dienone is 5. The van der Waals surface area contributed by atoms with E-state index >= 15 is 0 Å². The molecule has 0 rings (SSSR count). The van der Waals surface area contributed by atoms with Gasteiger partial charge >= 0.3 is 5.97 Å². The quantitative estimate of drug-likeness (QED) is 0.0320. The van der Waals surface area contributed by atoms with Crippen molar-refractivity contribution >= 4 is 11.9 Å². The Hall–Kier alpha value is -1.92. The fraction of sp³-hybridized carbons (Fsp3) is 0.890. The van der Waals surface area contributed by atoms with Crippen LogP contribution in [0.2, 0.25) is 0 Å². The molecule has 3 N–H and O–H groups in total. The first kappa shape index (κ1) is 77.1. The Morgan fingerprint density at radius 2 is 0.595 bits per heavy atom. The first-order valence-electron chi connectivity index (χ1n) is 35.8. The minimum Gasteiger partial charge on any atom is -0.466 e. The summed E-state index contributed by atoms with van der Waals surface area (Å²) in [6, 6.07) is -0.628. The van der Waals surface area contributed by atoms with Gasteiger partial charge in [0, 0.05) is 12.8 Å². The molecule has 0 bridgehead atoms. The van der Waals surface area contributed by atoms with Crippen molar-refractivity contribution in [2.75, 3.05) is 13.2 Å². The molecule has 6 nitrogen and oxygen atoms in total. The van der Waals surface area contributed by atoms with Gasteiger partial charge in [0.25, 0.3) is 0 Å². The number of unbranched alkanes of at least 4 members (excludes halogenated alkanes) is 52. The number of aliphatic hydroxyl groups excluding tert-OH is 2. The van der Waals surface area contributed by atoms with Gasteiger partial charge in [0.1, 0.15) is 0 Å². The van der Waals surface area contributed by atoms with Gasteiger partial charge in [-0.15, -0.1) is 0 Å². The second-order valence-corrected chi connectivity index (χ2v) is 24.6. The lowest BCUT2D eigenvalue weighted by Gasteiger charge is -2.20. The molecule has 0 aliphatic carbocycles. The molecule has 0 spiro atoms. The molecule has 0 fully saturated rings. The normalized spacial score (nSPS) is 12.7. The lowest BCUT2D eigenvalue weighted by molar-refractivity contribution is -0.143. The smallest absolute Gasteiger partial charge is 0.305 e. The van der Waals surface area contributed by atoms with Crippen LogP contribution in [0, 0.1) is 0 Å². The van der Waals surface area contributed by atoms with Crippen LogP contribution in [-0.4, -0.2) is 47.4 Å². The van der Waals surface area contributed by atoms with E-state index in [0.717, 1.165) is 44.9 Å². The maximum Gasteiger partial charge on any atom is 0.305 e. The third kappa shape index (κ3) is 65.1. The molecule has 0 aromatic rings. The number of amides is 1. The Balaban J connectivity index is 3.40. The van der Waals surface area contributed by atoms with Crippen molar-refractivity contribution in [3.05, 3.63) is 36.5 Å². The van der Waals surface area contributed by atoms with Gasteiger partial charge in [-0.05, 0) is 83.5 Å². The van der Waals surface area contributed by atoms with Gasteiger partial charge in [0.15, 0.2) is 0 Å². The van der Waals surface area contributed by atoms with E-state index in [1.165, 1.54) is 321 Å². The van der Waals surface area contributed by atoms with Gasteiger partial charge in [0.2, 0.25) is 5.91 Å². The van der Waals surface area contributed by atoms with Crippen molar-refractivity contribution in [1.29, 1.82) is 0 Å². The van der Waals surface area contributed by atoms with E-state index in [4.69, 9.17) is 4.74 Å². The minimum atomic E-state index is -0.844. The molecule has 0 aliphatic rings. The second-order valence-electron chi connectivity index (χ2n) is 24.6. The Morgan fingerprint density at radius 3 is 0.924 bits per heavy atom. The zero-order valence-electron chi connectivity index (χ0n) is 53.4. The zero-order chi connectivity index (χ0) is 57.1. The SMILES string of the molecule is CCCCC/C=C\CCCCCCCC(=O)OCCCCCCCCCCCCCC/C=C\CCCCCCCCCCCCCCCCC(=O)NC(CO)C(O)/C=C/CCCCCCCCCCCCCCCCCCCC. The van der Waals surface area contributed by atoms with Crippen molar-refractivity contribution in [1.82, 2.24) is 5.32 Å². The van der Waals surface area contributed by atoms with E-state index in [1.54, 1.807) is 6.08 Å². The third-order valence-electron chi connectivity index (χ3n) is 16.6. The highest BCUT2D eigenvalue weighted by Crippen LogP contribution is 2.18. The summed E-state index contributed by atoms with van der Waals surface area (Å²) < 4.78 is 5.47. The summed E-state index contributed by atoms with van der Waals surface area (Å²) in [4.78, 5) is 24.5. The molecule has 0 heterocycles. The van der Waals surface area contributed by atoms with Crippen LogP contribution in [0.25, 0.3) is 0 Å². The van der Waals surface area contributed by atoms with E-state index in [0.29, 0.717) is 19.4 Å². The van der Waals surface area contributed by atoms with Crippen molar-refractivity contribution in [2.45, 2.75) is 405 Å². The number of rotatable bonds is 67. The maximum absolute atomic E-state index is 12.5. The maximum atomic E-state index is 12.5. The molecule has 0 aromatic carbocycles. The van der Waals surface area contributed by atoms with Crippen molar-refractivity contribution < 1.29 is 24.5 Å². The fourth-order valence-electron chi connectivity index (χ4n) is 11.2. The van der Waals surface area contributed by atoms with Crippen molar-refractivity contribution in [3.63, 3.8) is 0 Å². The molecule has 0 radical (unpaired) electrons.